The van der Waals surface area contributed by atoms with Gasteiger partial charge >= 0.3 is 0 Å². The second-order valence-electron chi connectivity index (χ2n) is 2.79. The van der Waals surface area contributed by atoms with Crippen molar-refractivity contribution in [3.8, 4) is 0 Å². The van der Waals surface area contributed by atoms with Gasteiger partial charge in [0.05, 0.1) is 0 Å². The topological polar surface area (TPSA) is 3.24 Å². The summed E-state index contributed by atoms with van der Waals surface area (Å²) in [5.41, 5.74) is 2.37. The Kier molecular flexibility index (Phi) is 2.17. The van der Waals surface area contributed by atoms with Crippen LogP contribution in [0.25, 0.3) is 0 Å². The third kappa shape index (κ3) is 1.41. The molecule has 0 N–H and O–H groups in total. The van der Waals surface area contributed by atoms with E-state index >= 15 is 0 Å². The van der Waals surface area contributed by atoms with Crippen molar-refractivity contribution in [1.29, 1.82) is 0 Å². The van der Waals surface area contributed by atoms with Crippen molar-refractivity contribution in [2.24, 2.45) is 0 Å². The fraction of sp³-hybridized carbons (Fsp3) is 0.500. The summed E-state index contributed by atoms with van der Waals surface area (Å²) in [5.74, 6) is 0. The van der Waals surface area contributed by atoms with E-state index in [1.54, 1.807) is 0 Å². The highest BCUT2D eigenvalue weighted by atomic mass is 35.5. The molecule has 0 saturated carbocycles. The first kappa shape index (κ1) is 7.83. The van der Waals surface area contributed by atoms with E-state index in [1.165, 1.54) is 5.57 Å². The lowest BCUT2D eigenvalue weighted by Gasteiger charge is -2.01. The highest BCUT2D eigenvalue weighted by molar-refractivity contribution is 6.29. The van der Waals surface area contributed by atoms with E-state index in [9.17, 15) is 0 Å². The highest BCUT2D eigenvalue weighted by Crippen LogP contribution is 2.23. The predicted molar refractivity (Wildman–Crippen MR) is 45.2 cm³/mol. The lowest BCUT2D eigenvalue weighted by Crippen LogP contribution is -2.11. The summed E-state index contributed by atoms with van der Waals surface area (Å²) < 4.78 is 0. The van der Waals surface area contributed by atoms with Crippen molar-refractivity contribution in [1.82, 2.24) is 4.90 Å². The van der Waals surface area contributed by atoms with Crippen LogP contribution in [0.3, 0.4) is 0 Å². The van der Waals surface area contributed by atoms with E-state index in [1.807, 2.05) is 6.92 Å². The molecule has 1 heterocycles. The molecule has 56 valence electrons. The molecule has 0 bridgehead atoms. The molecule has 0 unspecified atom stereocenters. The average Bonchev–Trinajstić information content (AvgIpc) is 2.10. The van der Waals surface area contributed by atoms with E-state index in [0.29, 0.717) is 0 Å². The minimum Gasteiger partial charge on any atom is -0.298 e. The van der Waals surface area contributed by atoms with Crippen molar-refractivity contribution < 1.29 is 0 Å². The molecular formula is C8H12ClN. The van der Waals surface area contributed by atoms with Gasteiger partial charge in [0.2, 0.25) is 0 Å². The summed E-state index contributed by atoms with van der Waals surface area (Å²) in [6, 6.07) is 0. The van der Waals surface area contributed by atoms with Crippen LogP contribution in [0.5, 0.6) is 0 Å². The molecule has 0 atom stereocenters. The summed E-state index contributed by atoms with van der Waals surface area (Å²) >= 11 is 5.84. The zero-order chi connectivity index (χ0) is 7.72. The van der Waals surface area contributed by atoms with Gasteiger partial charge in [-0.05, 0) is 25.1 Å². The minimum atomic E-state index is 0.884. The van der Waals surface area contributed by atoms with Crippen LogP contribution in [0.1, 0.15) is 6.92 Å². The van der Waals surface area contributed by atoms with Crippen LogP contribution in [0.2, 0.25) is 0 Å². The third-order valence-electron chi connectivity index (χ3n) is 1.73. The number of hydrogen-bond donors (Lipinski definition) is 0. The van der Waals surface area contributed by atoms with Crippen LogP contribution in [-0.2, 0) is 0 Å². The van der Waals surface area contributed by atoms with E-state index in [-0.39, 0.29) is 0 Å². The number of rotatable bonds is 0. The molecule has 1 fully saturated rings. The van der Waals surface area contributed by atoms with Gasteiger partial charge in [-0.3, -0.25) is 4.90 Å². The lowest BCUT2D eigenvalue weighted by atomic mass is 10.1. The molecule has 1 nitrogen and oxygen atoms in total. The zero-order valence-electron chi connectivity index (χ0n) is 6.45. The Labute approximate surface area is 67.0 Å². The quantitative estimate of drug-likeness (QED) is 0.520. The van der Waals surface area contributed by atoms with Crippen LogP contribution in [-0.4, -0.2) is 25.0 Å². The Bertz CT molecular complexity index is 189. The van der Waals surface area contributed by atoms with Crippen LogP contribution >= 0.6 is 11.6 Å². The fourth-order valence-corrected chi connectivity index (χ4v) is 1.40. The molecule has 0 radical (unpaired) electrons. The number of likely N-dealkylation sites (tertiary alicyclic amines) is 1. The molecule has 0 aromatic carbocycles. The van der Waals surface area contributed by atoms with Crippen LogP contribution in [0.4, 0.5) is 0 Å². The maximum atomic E-state index is 5.84. The Hall–Kier alpha value is -0.270. The summed E-state index contributed by atoms with van der Waals surface area (Å²) in [4.78, 5) is 2.20. The summed E-state index contributed by atoms with van der Waals surface area (Å²) in [6.45, 7) is 7.75. The average molecular weight is 158 g/mol. The van der Waals surface area contributed by atoms with Gasteiger partial charge in [0.1, 0.15) is 0 Å². The van der Waals surface area contributed by atoms with Gasteiger partial charge in [-0.25, -0.2) is 0 Å². The Morgan fingerprint density at radius 1 is 1.60 bits per heavy atom. The first-order valence-electron chi connectivity index (χ1n) is 3.33. The van der Waals surface area contributed by atoms with Gasteiger partial charge in [-0.1, -0.05) is 18.2 Å². The standard InChI is InChI=1S/C8H12ClN/c1-6-4-10(3)5-8(6)7(2)9/h1,4-5H2,2-3H3. The predicted octanol–water partition coefficient (Wildman–Crippen LogP) is 2.00. The largest absolute Gasteiger partial charge is 0.298 e. The second-order valence-corrected chi connectivity index (χ2v) is 3.35. The van der Waals surface area contributed by atoms with Gasteiger partial charge in [0.15, 0.2) is 0 Å². The molecular weight excluding hydrogens is 146 g/mol. The minimum absolute atomic E-state index is 0.884. The van der Waals surface area contributed by atoms with Crippen molar-refractivity contribution >= 4 is 11.6 Å². The molecule has 0 spiro atoms. The zero-order valence-corrected chi connectivity index (χ0v) is 7.20. The maximum Gasteiger partial charge on any atom is 0.0248 e. The Morgan fingerprint density at radius 3 is 2.40 bits per heavy atom. The van der Waals surface area contributed by atoms with Crippen molar-refractivity contribution in [3.05, 3.63) is 22.8 Å². The number of allylic oxidation sites excluding steroid dienone is 1. The Morgan fingerprint density at radius 2 is 2.20 bits per heavy atom. The van der Waals surface area contributed by atoms with Crippen LogP contribution in [0.15, 0.2) is 22.8 Å². The lowest BCUT2D eigenvalue weighted by molar-refractivity contribution is 0.437. The number of hydrogen-bond acceptors (Lipinski definition) is 1. The summed E-state index contributed by atoms with van der Waals surface area (Å²) in [7, 11) is 2.07. The van der Waals surface area contributed by atoms with Crippen molar-refractivity contribution in [2.75, 3.05) is 20.1 Å². The summed E-state index contributed by atoms with van der Waals surface area (Å²) in [6.07, 6.45) is 0. The monoisotopic (exact) mass is 157 g/mol. The molecule has 1 aliphatic rings. The number of halogens is 1. The number of likely N-dealkylation sites (N-methyl/N-ethyl adjacent to an activating group) is 1. The fourth-order valence-electron chi connectivity index (χ4n) is 1.21. The molecule has 1 aliphatic heterocycles. The highest BCUT2D eigenvalue weighted by Gasteiger charge is 2.17. The number of nitrogens with zero attached hydrogens (tertiary/aromatic N) is 1. The SMILES string of the molecule is C=C1CN(C)CC1=C(C)Cl. The van der Waals surface area contributed by atoms with Gasteiger partial charge in [-0.2, -0.15) is 0 Å². The van der Waals surface area contributed by atoms with E-state index in [2.05, 4.69) is 18.5 Å². The van der Waals surface area contributed by atoms with E-state index in [4.69, 9.17) is 11.6 Å². The van der Waals surface area contributed by atoms with Crippen LogP contribution < -0.4 is 0 Å². The Balaban J connectivity index is 2.83. The molecule has 0 aromatic heterocycles. The van der Waals surface area contributed by atoms with Gasteiger partial charge in [0, 0.05) is 18.1 Å². The molecule has 0 aromatic rings. The molecule has 1 rings (SSSR count). The van der Waals surface area contributed by atoms with Crippen molar-refractivity contribution in [3.63, 3.8) is 0 Å². The molecule has 10 heavy (non-hydrogen) atoms. The molecule has 2 heteroatoms. The smallest absolute Gasteiger partial charge is 0.0248 e. The van der Waals surface area contributed by atoms with Gasteiger partial charge in [0.25, 0.3) is 0 Å². The van der Waals surface area contributed by atoms with E-state index < -0.39 is 0 Å². The second kappa shape index (κ2) is 2.77. The first-order valence-corrected chi connectivity index (χ1v) is 3.71. The maximum absolute atomic E-state index is 5.84. The molecule has 0 amide bonds. The van der Waals surface area contributed by atoms with Gasteiger partial charge in [-0.15, -0.1) is 0 Å². The molecule has 0 aliphatic carbocycles. The molecule has 1 saturated heterocycles. The third-order valence-corrected chi connectivity index (χ3v) is 1.96. The van der Waals surface area contributed by atoms with Gasteiger partial charge < -0.3 is 0 Å². The van der Waals surface area contributed by atoms with Crippen molar-refractivity contribution in [2.45, 2.75) is 6.92 Å². The van der Waals surface area contributed by atoms with E-state index in [0.717, 1.165) is 23.7 Å². The normalized spacial score (nSPS) is 25.7. The summed E-state index contributed by atoms with van der Waals surface area (Å²) in [5, 5.41) is 0.884. The van der Waals surface area contributed by atoms with Crippen LogP contribution in [0, 0.1) is 0 Å². The first-order chi connectivity index (χ1) is 4.61.